The fourth-order valence-electron chi connectivity index (χ4n) is 4.48. The Bertz CT molecular complexity index is 1530. The number of hydrogen-bond donors (Lipinski definition) is 1. The Balaban J connectivity index is 1.58. The highest BCUT2D eigenvalue weighted by Gasteiger charge is 2.36. The molecule has 1 unspecified atom stereocenters. The van der Waals surface area contributed by atoms with E-state index < -0.39 is 17.9 Å². The number of thiophene rings is 1. The quantitative estimate of drug-likeness (QED) is 0.318. The van der Waals surface area contributed by atoms with Crippen LogP contribution in [0.4, 0.5) is 0 Å². The maximum absolute atomic E-state index is 12.0. The molecule has 1 aliphatic heterocycles. The van der Waals surface area contributed by atoms with Crippen LogP contribution >= 0.6 is 11.3 Å². The highest BCUT2D eigenvalue weighted by molar-refractivity contribution is 7.15. The minimum atomic E-state index is -0.919. The molecule has 7 nitrogen and oxygen atoms in total. The average molecular weight is 513 g/mol. The van der Waals surface area contributed by atoms with Gasteiger partial charge in [0.05, 0.1) is 18.7 Å². The number of benzene rings is 2. The van der Waals surface area contributed by atoms with Crippen molar-refractivity contribution in [1.29, 1.82) is 0 Å². The van der Waals surface area contributed by atoms with Gasteiger partial charge in [-0.3, -0.25) is 14.4 Å². The zero-order valence-corrected chi connectivity index (χ0v) is 22.2. The number of aliphatic imine (C=N–C) groups is 1. The molecule has 0 saturated heterocycles. The predicted octanol–water partition coefficient (Wildman–Crippen LogP) is 6.05. The third kappa shape index (κ3) is 4.49. The molecule has 37 heavy (non-hydrogen) atoms. The number of carbonyl (C=O) groups is 1. The van der Waals surface area contributed by atoms with Crippen LogP contribution < -0.4 is 4.74 Å². The van der Waals surface area contributed by atoms with Gasteiger partial charge in [-0.2, -0.15) is 0 Å². The van der Waals surface area contributed by atoms with E-state index in [2.05, 4.69) is 48.3 Å². The van der Waals surface area contributed by atoms with Crippen molar-refractivity contribution in [2.75, 3.05) is 7.11 Å². The van der Waals surface area contributed by atoms with E-state index in [1.165, 1.54) is 4.88 Å². The second-order valence-electron chi connectivity index (χ2n) is 9.18. The summed E-state index contributed by atoms with van der Waals surface area (Å²) in [7, 11) is 1.66. The first kappa shape index (κ1) is 24.6. The first-order valence-corrected chi connectivity index (χ1v) is 12.9. The van der Waals surface area contributed by atoms with Crippen LogP contribution in [0.1, 0.15) is 57.3 Å². The fourth-order valence-corrected chi connectivity index (χ4v) is 5.69. The van der Waals surface area contributed by atoms with Crippen molar-refractivity contribution in [3.8, 4) is 10.8 Å². The van der Waals surface area contributed by atoms with Crippen LogP contribution in [0.5, 0.6) is 5.75 Å². The van der Waals surface area contributed by atoms with E-state index in [9.17, 15) is 9.90 Å². The summed E-state index contributed by atoms with van der Waals surface area (Å²) in [5.41, 5.74) is 5.98. The first-order chi connectivity index (χ1) is 17.8. The van der Waals surface area contributed by atoms with Crippen LogP contribution in [0.25, 0.3) is 17.2 Å². The van der Waals surface area contributed by atoms with Gasteiger partial charge in [-0.25, -0.2) is 0 Å². The van der Waals surface area contributed by atoms with Gasteiger partial charge in [0.1, 0.15) is 22.6 Å². The summed E-state index contributed by atoms with van der Waals surface area (Å²) >= 11 is 1.66. The molecule has 1 N–H and O–H groups in total. The Labute approximate surface area is 219 Å². The maximum Gasteiger partial charge on any atom is 0.308 e. The minimum Gasteiger partial charge on any atom is -0.497 e. The summed E-state index contributed by atoms with van der Waals surface area (Å²) < 4.78 is 7.21. The van der Waals surface area contributed by atoms with Crippen LogP contribution in [0.2, 0.25) is 0 Å². The normalized spacial score (nSPS) is 15.6. The predicted molar refractivity (Wildman–Crippen MR) is 147 cm³/mol. The molecule has 5 rings (SSSR count). The number of aromatic nitrogens is 3. The molecule has 0 radical (unpaired) electrons. The standard InChI is InChI=1S/C29H28N4O3S/c1-16-18(3)37-28-24(16)26(30-25(17(2)29(34)35)27-32-31-19(4)33(27)28)22-12-8-20(9-13-22)6-7-21-10-14-23(36-5)15-11-21/h6-15,17,25H,1-5H3,(H,34,35)/t17?,25-/m0/s1. The molecule has 0 fully saturated rings. The SMILES string of the molecule is COc1ccc(C=Cc2ccc(C3=N[C@@H](C(C)C(=O)O)c4nnc(C)n4-c4sc(C)c(C)c43)cc2)cc1. The van der Waals surface area contributed by atoms with Gasteiger partial charge in [-0.05, 0) is 56.5 Å². The van der Waals surface area contributed by atoms with E-state index >= 15 is 0 Å². The average Bonchev–Trinajstić information content (AvgIpc) is 3.37. The molecule has 2 atom stereocenters. The molecule has 0 bridgehead atoms. The zero-order valence-electron chi connectivity index (χ0n) is 21.4. The summed E-state index contributed by atoms with van der Waals surface area (Å²) in [5.74, 6) is 0.420. The monoisotopic (exact) mass is 512 g/mol. The number of hydrogen-bond acceptors (Lipinski definition) is 6. The molecule has 0 spiro atoms. The molecule has 3 heterocycles. The number of carboxylic acid groups (broad SMARTS) is 1. The maximum atomic E-state index is 12.0. The van der Waals surface area contributed by atoms with Crippen molar-refractivity contribution in [2.45, 2.75) is 33.7 Å². The van der Waals surface area contributed by atoms with Crippen LogP contribution in [0, 0.1) is 26.7 Å². The number of methoxy groups -OCH3 is 1. The molecular weight excluding hydrogens is 484 g/mol. The smallest absolute Gasteiger partial charge is 0.308 e. The van der Waals surface area contributed by atoms with Crippen LogP contribution in [0.3, 0.4) is 0 Å². The van der Waals surface area contributed by atoms with E-state index in [1.807, 2.05) is 47.9 Å². The van der Waals surface area contributed by atoms with E-state index in [4.69, 9.17) is 9.73 Å². The molecular formula is C29H28N4O3S. The van der Waals surface area contributed by atoms with Crippen LogP contribution in [0.15, 0.2) is 53.5 Å². The lowest BCUT2D eigenvalue weighted by Gasteiger charge is -2.16. The van der Waals surface area contributed by atoms with Gasteiger partial charge >= 0.3 is 5.97 Å². The summed E-state index contributed by atoms with van der Waals surface area (Å²) in [6.07, 6.45) is 4.12. The number of fused-ring (bicyclic) bond motifs is 3. The third-order valence-corrected chi connectivity index (χ3v) is 8.01. The molecule has 188 valence electrons. The zero-order chi connectivity index (χ0) is 26.3. The van der Waals surface area contributed by atoms with Crippen molar-refractivity contribution >= 4 is 35.2 Å². The molecule has 8 heteroatoms. The van der Waals surface area contributed by atoms with Crippen LogP contribution in [-0.4, -0.2) is 38.7 Å². The van der Waals surface area contributed by atoms with Crippen molar-refractivity contribution in [3.05, 3.63) is 92.9 Å². The number of carboxylic acids is 1. The topological polar surface area (TPSA) is 89.6 Å². The molecule has 0 aliphatic carbocycles. The van der Waals surface area contributed by atoms with Gasteiger partial charge in [0.2, 0.25) is 0 Å². The lowest BCUT2D eigenvalue weighted by atomic mass is 9.97. The van der Waals surface area contributed by atoms with Gasteiger partial charge in [0, 0.05) is 16.0 Å². The molecule has 0 amide bonds. The number of rotatable bonds is 6. The summed E-state index contributed by atoms with van der Waals surface area (Å²) in [4.78, 5) is 18.3. The molecule has 1 aliphatic rings. The minimum absolute atomic E-state index is 0.559. The first-order valence-electron chi connectivity index (χ1n) is 12.0. The van der Waals surface area contributed by atoms with E-state index in [1.54, 1.807) is 25.4 Å². The molecule has 0 saturated carbocycles. The molecule has 2 aromatic carbocycles. The van der Waals surface area contributed by atoms with E-state index in [0.29, 0.717) is 5.82 Å². The Morgan fingerprint density at radius 1 is 1.03 bits per heavy atom. The Morgan fingerprint density at radius 2 is 1.65 bits per heavy atom. The number of ether oxygens (including phenoxy) is 1. The number of nitrogens with zero attached hydrogens (tertiary/aromatic N) is 4. The summed E-state index contributed by atoms with van der Waals surface area (Å²) in [5, 5.41) is 19.5. The number of aliphatic carboxylic acids is 1. The Kier molecular flexibility index (Phi) is 6.52. The van der Waals surface area contributed by atoms with E-state index in [0.717, 1.165) is 50.1 Å². The largest absolute Gasteiger partial charge is 0.497 e. The lowest BCUT2D eigenvalue weighted by molar-refractivity contribution is -0.141. The van der Waals surface area contributed by atoms with Gasteiger partial charge in [0.25, 0.3) is 0 Å². The number of aryl methyl sites for hydroxylation is 2. The highest BCUT2D eigenvalue weighted by atomic mass is 32.1. The Morgan fingerprint density at radius 3 is 2.24 bits per heavy atom. The third-order valence-electron chi connectivity index (χ3n) is 6.82. The van der Waals surface area contributed by atoms with Crippen LogP contribution in [-0.2, 0) is 4.79 Å². The van der Waals surface area contributed by atoms with Crippen molar-refractivity contribution in [2.24, 2.45) is 10.9 Å². The van der Waals surface area contributed by atoms with Crippen molar-refractivity contribution in [1.82, 2.24) is 14.8 Å². The second kappa shape index (κ2) is 9.78. The van der Waals surface area contributed by atoms with Gasteiger partial charge in [-0.1, -0.05) is 48.6 Å². The van der Waals surface area contributed by atoms with Gasteiger partial charge < -0.3 is 9.84 Å². The van der Waals surface area contributed by atoms with E-state index in [-0.39, 0.29) is 0 Å². The summed E-state index contributed by atoms with van der Waals surface area (Å²) in [6, 6.07) is 15.4. The lowest BCUT2D eigenvalue weighted by Crippen LogP contribution is -2.21. The second-order valence-corrected chi connectivity index (χ2v) is 10.4. The fraction of sp³-hybridized carbons (Fsp3) is 0.241. The Hall–Kier alpha value is -4.04. The highest BCUT2D eigenvalue weighted by Crippen LogP contribution is 2.40. The molecule has 4 aromatic rings. The van der Waals surface area contributed by atoms with Crippen molar-refractivity contribution in [3.63, 3.8) is 0 Å². The molecule has 2 aromatic heterocycles. The van der Waals surface area contributed by atoms with Gasteiger partial charge in [-0.15, -0.1) is 21.5 Å². The summed E-state index contributed by atoms with van der Waals surface area (Å²) in [6.45, 7) is 7.75. The van der Waals surface area contributed by atoms with Gasteiger partial charge in [0.15, 0.2) is 5.82 Å². The van der Waals surface area contributed by atoms with Crippen molar-refractivity contribution < 1.29 is 14.6 Å².